The highest BCUT2D eigenvalue weighted by molar-refractivity contribution is 6.01. The minimum atomic E-state index is -1.02. The first-order valence-electron chi connectivity index (χ1n) is 12.2. The molecule has 194 valence electrons. The van der Waals surface area contributed by atoms with Gasteiger partial charge in [-0.25, -0.2) is 4.79 Å². The number of pyridine rings is 1. The number of hydrogen-bond donors (Lipinski definition) is 3. The van der Waals surface area contributed by atoms with Crippen molar-refractivity contribution in [1.29, 1.82) is 0 Å². The summed E-state index contributed by atoms with van der Waals surface area (Å²) in [7, 11) is 2.78. The largest absolute Gasteiger partial charge is 0.496 e. The first-order chi connectivity index (χ1) is 17.9. The summed E-state index contributed by atoms with van der Waals surface area (Å²) in [4.78, 5) is 58.4. The summed E-state index contributed by atoms with van der Waals surface area (Å²) in [6.07, 6.45) is 5.43. The smallest absolute Gasteiger partial charge is 0.328 e. The first kappa shape index (κ1) is 25.9. The van der Waals surface area contributed by atoms with Crippen LogP contribution in [-0.2, 0) is 25.5 Å². The number of fused-ring (bicyclic) bond motifs is 1. The molecule has 1 aliphatic carbocycles. The van der Waals surface area contributed by atoms with Crippen LogP contribution < -0.4 is 15.4 Å². The van der Waals surface area contributed by atoms with Crippen LogP contribution in [0.4, 0.5) is 0 Å². The number of aromatic nitrogens is 2. The van der Waals surface area contributed by atoms with Gasteiger partial charge in [0.1, 0.15) is 29.3 Å². The Kier molecular flexibility index (Phi) is 8.17. The number of hydrogen-bond acceptors (Lipinski definition) is 7. The number of amides is 2. The highest BCUT2D eigenvalue weighted by atomic mass is 16.5. The Hall–Kier alpha value is -4.21. The molecule has 0 bridgehead atoms. The first-order valence-corrected chi connectivity index (χ1v) is 12.2. The molecule has 1 aromatic carbocycles. The molecule has 10 nitrogen and oxygen atoms in total. The number of esters is 1. The summed E-state index contributed by atoms with van der Waals surface area (Å²) < 4.78 is 10.3. The average molecular weight is 507 g/mol. The van der Waals surface area contributed by atoms with Crippen molar-refractivity contribution >= 4 is 34.5 Å². The number of Topliss-reactive ketones (excluding diaryl/α,β-unsaturated/α-hetero) is 1. The molecule has 2 amide bonds. The number of aromatic amines is 1. The van der Waals surface area contributed by atoms with Crippen LogP contribution in [0.25, 0.3) is 10.9 Å². The lowest BCUT2D eigenvalue weighted by molar-refractivity contribution is -0.146. The van der Waals surface area contributed by atoms with Crippen LogP contribution in [0.3, 0.4) is 0 Å². The van der Waals surface area contributed by atoms with Crippen molar-refractivity contribution in [3.8, 4) is 5.75 Å². The molecule has 3 aromatic rings. The molecule has 2 aromatic heterocycles. The van der Waals surface area contributed by atoms with E-state index in [0.717, 1.165) is 17.4 Å². The Morgan fingerprint density at radius 3 is 2.65 bits per heavy atom. The zero-order valence-electron chi connectivity index (χ0n) is 20.8. The molecular weight excluding hydrogens is 476 g/mol. The summed E-state index contributed by atoms with van der Waals surface area (Å²) >= 11 is 0. The second-order valence-corrected chi connectivity index (χ2v) is 9.07. The monoisotopic (exact) mass is 506 g/mol. The fourth-order valence-corrected chi connectivity index (χ4v) is 4.68. The predicted molar refractivity (Wildman–Crippen MR) is 135 cm³/mol. The van der Waals surface area contributed by atoms with Gasteiger partial charge in [0.2, 0.25) is 5.91 Å². The fraction of sp³-hybridized carbons (Fsp3) is 0.370. The van der Waals surface area contributed by atoms with Gasteiger partial charge in [0.25, 0.3) is 5.91 Å². The van der Waals surface area contributed by atoms with Crippen LogP contribution in [0.2, 0.25) is 0 Å². The second kappa shape index (κ2) is 11.7. The van der Waals surface area contributed by atoms with Gasteiger partial charge in [0.15, 0.2) is 0 Å². The van der Waals surface area contributed by atoms with Crippen molar-refractivity contribution in [2.45, 2.75) is 44.2 Å². The van der Waals surface area contributed by atoms with Gasteiger partial charge in [0.05, 0.1) is 14.2 Å². The normalized spacial score (nSPS) is 16.7. The second-order valence-electron chi connectivity index (χ2n) is 9.07. The Morgan fingerprint density at radius 2 is 1.97 bits per heavy atom. The van der Waals surface area contributed by atoms with E-state index in [4.69, 9.17) is 9.47 Å². The SMILES string of the molecule is COC(=O)[C@H](C[C@@H]1CCCC1=O)NC(=O)[C@H](Cc1cccnc1)NC(=O)c1cc2c(OC)cccc2[nH]1. The van der Waals surface area contributed by atoms with Crippen LogP contribution in [0, 0.1) is 5.92 Å². The van der Waals surface area contributed by atoms with Crippen LogP contribution in [0.15, 0.2) is 48.8 Å². The van der Waals surface area contributed by atoms with E-state index in [-0.39, 0.29) is 30.2 Å². The topological polar surface area (TPSA) is 139 Å². The molecule has 1 fully saturated rings. The molecule has 1 saturated carbocycles. The Bertz CT molecular complexity index is 1290. The third-order valence-electron chi connectivity index (χ3n) is 6.63. The van der Waals surface area contributed by atoms with E-state index in [1.807, 2.05) is 6.07 Å². The van der Waals surface area contributed by atoms with Gasteiger partial charge in [-0.3, -0.25) is 19.4 Å². The predicted octanol–water partition coefficient (Wildman–Crippen LogP) is 2.33. The van der Waals surface area contributed by atoms with Crippen molar-refractivity contribution < 1.29 is 28.7 Å². The molecule has 0 saturated heterocycles. The molecule has 10 heteroatoms. The summed E-state index contributed by atoms with van der Waals surface area (Å²) in [5.74, 6) is -1.31. The zero-order chi connectivity index (χ0) is 26.4. The van der Waals surface area contributed by atoms with E-state index in [1.54, 1.807) is 49.8 Å². The average Bonchev–Trinajstić information content (AvgIpc) is 3.53. The van der Waals surface area contributed by atoms with Crippen molar-refractivity contribution in [2.75, 3.05) is 14.2 Å². The van der Waals surface area contributed by atoms with E-state index >= 15 is 0 Å². The number of ether oxygens (including phenoxy) is 2. The van der Waals surface area contributed by atoms with Gasteiger partial charge in [-0.15, -0.1) is 0 Å². The number of benzene rings is 1. The summed E-state index contributed by atoms with van der Waals surface area (Å²) in [6, 6.07) is 8.58. The van der Waals surface area contributed by atoms with Crippen molar-refractivity contribution in [2.24, 2.45) is 5.92 Å². The molecule has 3 N–H and O–H groups in total. The number of H-pyrrole nitrogens is 1. The van der Waals surface area contributed by atoms with E-state index < -0.39 is 29.9 Å². The van der Waals surface area contributed by atoms with Crippen LogP contribution >= 0.6 is 0 Å². The fourth-order valence-electron chi connectivity index (χ4n) is 4.68. The quantitative estimate of drug-likeness (QED) is 0.359. The van der Waals surface area contributed by atoms with E-state index in [1.165, 1.54) is 7.11 Å². The maximum Gasteiger partial charge on any atom is 0.328 e. The third kappa shape index (κ3) is 6.14. The maximum absolute atomic E-state index is 13.4. The number of methoxy groups -OCH3 is 2. The Morgan fingerprint density at radius 1 is 1.14 bits per heavy atom. The summed E-state index contributed by atoms with van der Waals surface area (Å²) in [6.45, 7) is 0. The molecular formula is C27H30N4O6. The number of ketones is 1. The van der Waals surface area contributed by atoms with Crippen molar-refractivity contribution in [1.82, 2.24) is 20.6 Å². The highest BCUT2D eigenvalue weighted by Crippen LogP contribution is 2.27. The van der Waals surface area contributed by atoms with Gasteiger partial charge >= 0.3 is 5.97 Å². The number of nitrogens with one attached hydrogen (secondary N) is 3. The summed E-state index contributed by atoms with van der Waals surface area (Å²) in [5.41, 5.74) is 1.69. The lowest BCUT2D eigenvalue weighted by Gasteiger charge is -2.23. The number of carbonyl (C=O) groups excluding carboxylic acids is 4. The van der Waals surface area contributed by atoms with E-state index in [0.29, 0.717) is 24.1 Å². The van der Waals surface area contributed by atoms with Crippen molar-refractivity contribution in [3.63, 3.8) is 0 Å². The standard InChI is InChI=1S/C27H30N4O6/c1-36-24-10-4-8-19-18(24)14-21(29-19)26(34)30-20(12-16-6-5-11-28-15-16)25(33)31-22(27(35)37-2)13-17-7-3-9-23(17)32/h4-6,8,10-11,14-15,17,20,22,29H,3,7,9,12-13H2,1-2H3,(H,30,34)(H,31,33)/t17-,20-,22-/m0/s1. The van der Waals surface area contributed by atoms with Gasteiger partial charge in [-0.05, 0) is 49.1 Å². The Labute approximate surface area is 214 Å². The van der Waals surface area contributed by atoms with Gasteiger partial charge in [-0.1, -0.05) is 12.1 Å². The zero-order valence-corrected chi connectivity index (χ0v) is 20.8. The molecule has 0 radical (unpaired) electrons. The molecule has 1 aliphatic rings. The molecule has 4 rings (SSSR count). The number of carbonyl (C=O) groups is 4. The molecule has 3 atom stereocenters. The lowest BCUT2D eigenvalue weighted by Crippen LogP contribution is -2.53. The lowest BCUT2D eigenvalue weighted by atomic mass is 9.97. The van der Waals surface area contributed by atoms with Crippen LogP contribution in [0.5, 0.6) is 5.75 Å². The minimum absolute atomic E-state index is 0.0811. The van der Waals surface area contributed by atoms with Gasteiger partial charge < -0.3 is 25.1 Å². The molecule has 37 heavy (non-hydrogen) atoms. The van der Waals surface area contributed by atoms with Crippen LogP contribution in [0.1, 0.15) is 41.7 Å². The molecule has 0 unspecified atom stereocenters. The number of rotatable bonds is 10. The molecule has 0 spiro atoms. The molecule has 2 heterocycles. The summed E-state index contributed by atoms with van der Waals surface area (Å²) in [5, 5.41) is 6.21. The van der Waals surface area contributed by atoms with E-state index in [2.05, 4.69) is 20.6 Å². The molecule has 0 aliphatic heterocycles. The third-order valence-corrected chi connectivity index (χ3v) is 6.63. The van der Waals surface area contributed by atoms with Gasteiger partial charge in [-0.2, -0.15) is 0 Å². The van der Waals surface area contributed by atoms with Crippen LogP contribution in [-0.4, -0.2) is 59.8 Å². The number of nitrogens with zero attached hydrogens (tertiary/aromatic N) is 1. The van der Waals surface area contributed by atoms with Gasteiger partial charge in [0, 0.05) is 42.1 Å². The highest BCUT2D eigenvalue weighted by Gasteiger charge is 2.33. The Balaban J connectivity index is 1.55. The minimum Gasteiger partial charge on any atom is -0.496 e. The van der Waals surface area contributed by atoms with Crippen molar-refractivity contribution in [3.05, 3.63) is 60.0 Å². The maximum atomic E-state index is 13.4. The van der Waals surface area contributed by atoms with E-state index in [9.17, 15) is 19.2 Å².